The van der Waals surface area contributed by atoms with Crippen molar-refractivity contribution >= 4 is 22.4 Å². The third-order valence-corrected chi connectivity index (χ3v) is 4.54. The molecule has 1 atom stereocenters. The number of ether oxygens (including phenoxy) is 1. The SMILES string of the molecule is CC[C@@H](C(=O)Nc1nnc(COc2ccccc2)s1)c1ccccc1. The van der Waals surface area contributed by atoms with Gasteiger partial charge in [0, 0.05) is 0 Å². The molecule has 0 saturated carbocycles. The van der Waals surface area contributed by atoms with Crippen LogP contribution in [0.4, 0.5) is 5.13 Å². The number of anilines is 1. The molecule has 0 saturated heterocycles. The lowest BCUT2D eigenvalue weighted by Gasteiger charge is -2.13. The van der Waals surface area contributed by atoms with E-state index in [1.165, 1.54) is 11.3 Å². The van der Waals surface area contributed by atoms with Gasteiger partial charge in [0.05, 0.1) is 5.92 Å². The molecule has 5 nitrogen and oxygen atoms in total. The molecule has 0 spiro atoms. The van der Waals surface area contributed by atoms with Gasteiger partial charge in [0.15, 0.2) is 5.01 Å². The Balaban J connectivity index is 1.59. The van der Waals surface area contributed by atoms with Crippen LogP contribution in [-0.4, -0.2) is 16.1 Å². The van der Waals surface area contributed by atoms with Gasteiger partial charge < -0.3 is 4.74 Å². The van der Waals surface area contributed by atoms with E-state index >= 15 is 0 Å². The van der Waals surface area contributed by atoms with E-state index < -0.39 is 0 Å². The van der Waals surface area contributed by atoms with E-state index in [0.717, 1.165) is 17.7 Å². The van der Waals surface area contributed by atoms with Gasteiger partial charge in [-0.2, -0.15) is 0 Å². The molecule has 0 aliphatic carbocycles. The second kappa shape index (κ2) is 8.39. The van der Waals surface area contributed by atoms with Gasteiger partial charge >= 0.3 is 0 Å². The number of para-hydroxylation sites is 1. The maximum Gasteiger partial charge on any atom is 0.233 e. The van der Waals surface area contributed by atoms with Crippen LogP contribution in [0.2, 0.25) is 0 Å². The Morgan fingerprint density at radius 2 is 1.76 bits per heavy atom. The fraction of sp³-hybridized carbons (Fsp3) is 0.211. The molecule has 0 fully saturated rings. The summed E-state index contributed by atoms with van der Waals surface area (Å²) < 4.78 is 5.64. The Hall–Kier alpha value is -2.73. The van der Waals surface area contributed by atoms with Gasteiger partial charge in [-0.3, -0.25) is 10.1 Å². The number of benzene rings is 2. The summed E-state index contributed by atoms with van der Waals surface area (Å²) in [4.78, 5) is 12.5. The fourth-order valence-corrected chi connectivity index (χ4v) is 3.13. The first-order chi connectivity index (χ1) is 12.3. The van der Waals surface area contributed by atoms with Gasteiger partial charge in [0.25, 0.3) is 0 Å². The summed E-state index contributed by atoms with van der Waals surface area (Å²) in [5.41, 5.74) is 1.000. The first-order valence-corrected chi connectivity index (χ1v) is 8.94. The van der Waals surface area contributed by atoms with E-state index in [0.29, 0.717) is 16.7 Å². The summed E-state index contributed by atoms with van der Waals surface area (Å²) in [6.07, 6.45) is 0.721. The standard InChI is InChI=1S/C19H19N3O2S/c1-2-16(14-9-5-3-6-10-14)18(23)20-19-22-21-17(25-19)13-24-15-11-7-4-8-12-15/h3-12,16H,2,13H2,1H3,(H,20,22,23)/t16-/m1/s1. The van der Waals surface area contributed by atoms with Gasteiger partial charge in [-0.1, -0.05) is 66.8 Å². The van der Waals surface area contributed by atoms with Crippen molar-refractivity contribution in [3.8, 4) is 5.75 Å². The summed E-state index contributed by atoms with van der Waals surface area (Å²) in [6, 6.07) is 19.3. The molecule has 1 aromatic heterocycles. The van der Waals surface area contributed by atoms with Crippen LogP contribution in [-0.2, 0) is 11.4 Å². The smallest absolute Gasteiger partial charge is 0.233 e. The molecule has 2 aromatic carbocycles. The third-order valence-electron chi connectivity index (χ3n) is 3.73. The molecular weight excluding hydrogens is 334 g/mol. The molecular formula is C19H19N3O2S. The second-order valence-electron chi connectivity index (χ2n) is 5.46. The van der Waals surface area contributed by atoms with Gasteiger partial charge in [0.2, 0.25) is 11.0 Å². The van der Waals surface area contributed by atoms with Gasteiger partial charge in [-0.05, 0) is 24.1 Å². The zero-order chi connectivity index (χ0) is 17.5. The summed E-state index contributed by atoms with van der Waals surface area (Å²) in [5, 5.41) is 12.2. The lowest BCUT2D eigenvalue weighted by molar-refractivity contribution is -0.117. The summed E-state index contributed by atoms with van der Waals surface area (Å²) in [5.74, 6) is 0.507. The van der Waals surface area contributed by atoms with Crippen LogP contribution in [0.25, 0.3) is 0 Å². The molecule has 1 N–H and O–H groups in total. The number of nitrogens with zero attached hydrogens (tertiary/aromatic N) is 2. The number of hydrogen-bond acceptors (Lipinski definition) is 5. The topological polar surface area (TPSA) is 64.1 Å². The summed E-state index contributed by atoms with van der Waals surface area (Å²) in [6.45, 7) is 2.32. The van der Waals surface area contributed by atoms with E-state index in [4.69, 9.17) is 4.74 Å². The molecule has 0 unspecified atom stereocenters. The second-order valence-corrected chi connectivity index (χ2v) is 6.53. The molecule has 1 amide bonds. The van der Waals surface area contributed by atoms with Gasteiger partial charge in [-0.25, -0.2) is 0 Å². The number of nitrogens with one attached hydrogen (secondary N) is 1. The van der Waals surface area contributed by atoms with Crippen molar-refractivity contribution in [2.75, 3.05) is 5.32 Å². The molecule has 25 heavy (non-hydrogen) atoms. The van der Waals surface area contributed by atoms with Crippen molar-refractivity contribution in [1.29, 1.82) is 0 Å². The molecule has 0 aliphatic heterocycles. The number of rotatable bonds is 7. The maximum absolute atomic E-state index is 12.5. The number of amides is 1. The van der Waals surface area contributed by atoms with E-state index in [-0.39, 0.29) is 11.8 Å². The van der Waals surface area contributed by atoms with Gasteiger partial charge in [-0.15, -0.1) is 10.2 Å². The predicted molar refractivity (Wildman–Crippen MR) is 98.8 cm³/mol. The average Bonchev–Trinajstić information content (AvgIpc) is 3.10. The van der Waals surface area contributed by atoms with Crippen LogP contribution in [0.3, 0.4) is 0 Å². The molecule has 0 aliphatic rings. The van der Waals surface area contributed by atoms with E-state index in [1.54, 1.807) is 0 Å². The van der Waals surface area contributed by atoms with Crippen LogP contribution >= 0.6 is 11.3 Å². The predicted octanol–water partition coefficient (Wildman–Crippen LogP) is 4.25. The highest BCUT2D eigenvalue weighted by molar-refractivity contribution is 7.15. The lowest BCUT2D eigenvalue weighted by Crippen LogP contribution is -2.20. The highest BCUT2D eigenvalue weighted by Crippen LogP contribution is 2.23. The number of carbonyl (C=O) groups is 1. The Morgan fingerprint density at radius 1 is 1.08 bits per heavy atom. The van der Waals surface area contributed by atoms with Crippen molar-refractivity contribution in [3.63, 3.8) is 0 Å². The zero-order valence-electron chi connectivity index (χ0n) is 13.9. The monoisotopic (exact) mass is 353 g/mol. The molecule has 3 rings (SSSR count). The number of hydrogen-bond donors (Lipinski definition) is 1. The van der Waals surface area contributed by atoms with Crippen LogP contribution in [0.1, 0.15) is 29.8 Å². The lowest BCUT2D eigenvalue weighted by atomic mass is 9.96. The quantitative estimate of drug-likeness (QED) is 0.690. The van der Waals surface area contributed by atoms with E-state index in [9.17, 15) is 4.79 Å². The molecule has 6 heteroatoms. The highest BCUT2D eigenvalue weighted by atomic mass is 32.1. The van der Waals surface area contributed by atoms with Crippen molar-refractivity contribution in [3.05, 3.63) is 71.2 Å². The van der Waals surface area contributed by atoms with Crippen LogP contribution in [0, 0.1) is 0 Å². The first-order valence-electron chi connectivity index (χ1n) is 8.12. The Bertz CT molecular complexity index is 806. The zero-order valence-corrected chi connectivity index (χ0v) is 14.7. The summed E-state index contributed by atoms with van der Waals surface area (Å²) in [7, 11) is 0. The molecule has 0 bridgehead atoms. The Labute approximate surface area is 150 Å². The highest BCUT2D eigenvalue weighted by Gasteiger charge is 2.20. The van der Waals surface area contributed by atoms with Crippen LogP contribution in [0.15, 0.2) is 60.7 Å². The fourth-order valence-electron chi connectivity index (χ4n) is 2.47. The average molecular weight is 353 g/mol. The minimum Gasteiger partial charge on any atom is -0.486 e. The van der Waals surface area contributed by atoms with E-state index in [1.807, 2.05) is 67.6 Å². The Kier molecular flexibility index (Phi) is 5.74. The minimum absolute atomic E-state index is 0.0691. The third kappa shape index (κ3) is 4.64. The van der Waals surface area contributed by atoms with Crippen LogP contribution < -0.4 is 10.1 Å². The Morgan fingerprint density at radius 3 is 2.44 bits per heavy atom. The van der Waals surface area contributed by atoms with Crippen molar-refractivity contribution in [2.24, 2.45) is 0 Å². The minimum atomic E-state index is -0.200. The first kappa shape index (κ1) is 17.1. The van der Waals surface area contributed by atoms with Crippen molar-refractivity contribution < 1.29 is 9.53 Å². The molecule has 3 aromatic rings. The van der Waals surface area contributed by atoms with Crippen LogP contribution in [0.5, 0.6) is 5.75 Å². The summed E-state index contributed by atoms with van der Waals surface area (Å²) >= 11 is 1.32. The normalized spacial score (nSPS) is 11.7. The number of aromatic nitrogens is 2. The number of carbonyl (C=O) groups excluding carboxylic acids is 1. The molecule has 1 heterocycles. The maximum atomic E-state index is 12.5. The molecule has 0 radical (unpaired) electrons. The van der Waals surface area contributed by atoms with E-state index in [2.05, 4.69) is 15.5 Å². The van der Waals surface area contributed by atoms with Crippen molar-refractivity contribution in [1.82, 2.24) is 10.2 Å². The van der Waals surface area contributed by atoms with Crippen molar-refractivity contribution in [2.45, 2.75) is 25.9 Å². The largest absolute Gasteiger partial charge is 0.486 e. The van der Waals surface area contributed by atoms with Gasteiger partial charge in [0.1, 0.15) is 12.4 Å². The molecule has 128 valence electrons.